The Balaban J connectivity index is 2.93. The maximum atomic E-state index is 12.1. The number of hydrogen-bond acceptors (Lipinski definition) is 5. The number of aliphatic hydroxyl groups excluding tert-OH is 1. The summed E-state index contributed by atoms with van der Waals surface area (Å²) in [7, 11) is -3.79. The summed E-state index contributed by atoms with van der Waals surface area (Å²) in [5.41, 5.74) is 0.186. The molecule has 1 rings (SSSR count). The van der Waals surface area contributed by atoms with Gasteiger partial charge in [0.05, 0.1) is 9.82 Å². The Morgan fingerprint density at radius 3 is 2.62 bits per heavy atom. The summed E-state index contributed by atoms with van der Waals surface area (Å²) < 4.78 is 26.7. The molecule has 0 aliphatic rings. The highest BCUT2D eigenvalue weighted by atomic mass is 32.2. The van der Waals surface area contributed by atoms with Crippen LogP contribution >= 0.6 is 0 Å². The second-order valence-electron chi connectivity index (χ2n) is 4.84. The van der Waals surface area contributed by atoms with E-state index in [1.165, 1.54) is 12.1 Å². The summed E-state index contributed by atoms with van der Waals surface area (Å²) in [6, 6.07) is 3.82. The van der Waals surface area contributed by atoms with E-state index in [0.29, 0.717) is 12.0 Å². The number of nitrogens with one attached hydrogen (secondary N) is 1. The van der Waals surface area contributed by atoms with E-state index in [0.717, 1.165) is 12.5 Å². The zero-order valence-corrected chi connectivity index (χ0v) is 12.9. The first-order valence-corrected chi connectivity index (χ1v) is 8.15. The predicted molar refractivity (Wildman–Crippen MR) is 78.5 cm³/mol. The molecular weight excluding hydrogens is 296 g/mol. The van der Waals surface area contributed by atoms with Gasteiger partial charge in [0, 0.05) is 24.8 Å². The molecule has 0 amide bonds. The minimum absolute atomic E-state index is 0.00373. The molecule has 0 heterocycles. The summed E-state index contributed by atoms with van der Waals surface area (Å²) in [6.07, 6.45) is 1.24. The normalized spacial score (nSPS) is 13.1. The van der Waals surface area contributed by atoms with Gasteiger partial charge in [-0.3, -0.25) is 10.1 Å². The number of nitro groups is 1. The molecule has 118 valence electrons. The Morgan fingerprint density at radius 1 is 1.43 bits per heavy atom. The lowest BCUT2D eigenvalue weighted by Gasteiger charge is -2.14. The molecule has 0 bridgehead atoms. The average Bonchev–Trinajstić information content (AvgIpc) is 2.43. The van der Waals surface area contributed by atoms with Crippen LogP contribution in [0.1, 0.15) is 25.3 Å². The highest BCUT2D eigenvalue weighted by Crippen LogP contribution is 2.22. The summed E-state index contributed by atoms with van der Waals surface area (Å²) in [6.45, 7) is 3.65. The Kier molecular flexibility index (Phi) is 6.25. The van der Waals surface area contributed by atoms with Crippen LogP contribution in [-0.2, 0) is 10.0 Å². The molecule has 0 radical (unpaired) electrons. The third kappa shape index (κ3) is 4.76. The van der Waals surface area contributed by atoms with Crippen LogP contribution in [0.4, 0.5) is 5.69 Å². The molecule has 1 aromatic rings. The van der Waals surface area contributed by atoms with Gasteiger partial charge in [0.2, 0.25) is 10.0 Å². The van der Waals surface area contributed by atoms with Crippen LogP contribution < -0.4 is 4.72 Å². The molecule has 0 saturated heterocycles. The maximum absolute atomic E-state index is 12.1. The molecule has 1 unspecified atom stereocenters. The lowest BCUT2D eigenvalue weighted by atomic mass is 10.0. The fourth-order valence-electron chi connectivity index (χ4n) is 1.90. The second kappa shape index (κ2) is 7.48. The summed E-state index contributed by atoms with van der Waals surface area (Å²) in [5.74, 6) is 0.0326. The molecule has 0 aliphatic heterocycles. The van der Waals surface area contributed by atoms with Gasteiger partial charge < -0.3 is 5.11 Å². The summed E-state index contributed by atoms with van der Waals surface area (Å²) in [4.78, 5) is 10.1. The van der Waals surface area contributed by atoms with E-state index >= 15 is 0 Å². The zero-order chi connectivity index (χ0) is 16.0. The van der Waals surface area contributed by atoms with Crippen LogP contribution in [0.5, 0.6) is 0 Å². The van der Waals surface area contributed by atoms with E-state index in [9.17, 15) is 18.5 Å². The first-order chi connectivity index (χ1) is 9.81. The Hall–Kier alpha value is -1.51. The van der Waals surface area contributed by atoms with Crippen LogP contribution in [0.15, 0.2) is 23.1 Å². The Morgan fingerprint density at radius 2 is 2.10 bits per heavy atom. The third-order valence-electron chi connectivity index (χ3n) is 3.36. The highest BCUT2D eigenvalue weighted by Gasteiger charge is 2.20. The van der Waals surface area contributed by atoms with Gasteiger partial charge in [0.15, 0.2) is 0 Å². The van der Waals surface area contributed by atoms with Crippen molar-refractivity contribution in [2.75, 3.05) is 13.2 Å². The minimum Gasteiger partial charge on any atom is -0.396 e. The van der Waals surface area contributed by atoms with Crippen LogP contribution in [0.2, 0.25) is 0 Å². The topological polar surface area (TPSA) is 110 Å². The van der Waals surface area contributed by atoms with E-state index in [1.807, 2.05) is 6.92 Å². The van der Waals surface area contributed by atoms with Crippen molar-refractivity contribution in [3.05, 3.63) is 33.9 Å². The third-order valence-corrected chi connectivity index (χ3v) is 4.79. The molecule has 7 nitrogen and oxygen atoms in total. The molecule has 0 aromatic heterocycles. The molecule has 1 atom stereocenters. The van der Waals surface area contributed by atoms with Crippen LogP contribution in [0, 0.1) is 23.0 Å². The van der Waals surface area contributed by atoms with Gasteiger partial charge in [-0.15, -0.1) is 0 Å². The second-order valence-corrected chi connectivity index (χ2v) is 6.61. The first kappa shape index (κ1) is 17.5. The number of aryl methyl sites for hydroxylation is 1. The van der Waals surface area contributed by atoms with Gasteiger partial charge in [0.25, 0.3) is 5.69 Å². The van der Waals surface area contributed by atoms with Crippen LogP contribution in [0.25, 0.3) is 0 Å². The first-order valence-electron chi connectivity index (χ1n) is 6.67. The van der Waals surface area contributed by atoms with Gasteiger partial charge in [-0.1, -0.05) is 19.4 Å². The molecule has 8 heteroatoms. The van der Waals surface area contributed by atoms with E-state index in [-0.39, 0.29) is 29.7 Å². The molecule has 0 spiro atoms. The van der Waals surface area contributed by atoms with Crippen molar-refractivity contribution < 1.29 is 18.4 Å². The van der Waals surface area contributed by atoms with Crippen molar-refractivity contribution in [1.82, 2.24) is 4.72 Å². The molecule has 2 N–H and O–H groups in total. The maximum Gasteiger partial charge on any atom is 0.273 e. The summed E-state index contributed by atoms with van der Waals surface area (Å²) in [5, 5.41) is 19.8. The van der Waals surface area contributed by atoms with E-state index in [1.54, 1.807) is 6.92 Å². The number of rotatable bonds is 8. The lowest BCUT2D eigenvalue weighted by molar-refractivity contribution is -0.385. The lowest BCUT2D eigenvalue weighted by Crippen LogP contribution is -2.29. The Labute approximate surface area is 124 Å². The standard InChI is InChI=1S/C13H20N2O5S/c1-3-11(6-7-16)9-14-21(19,20)12-5-4-10(2)13(8-12)15(17)18/h4-5,8,11,14,16H,3,6-7,9H2,1-2H3. The fourth-order valence-corrected chi connectivity index (χ4v) is 3.03. The van der Waals surface area contributed by atoms with Crippen LogP contribution in [-0.4, -0.2) is 31.6 Å². The van der Waals surface area contributed by atoms with Crippen molar-refractivity contribution in [1.29, 1.82) is 0 Å². The molecule has 0 saturated carbocycles. The van der Waals surface area contributed by atoms with Gasteiger partial charge in [-0.2, -0.15) is 0 Å². The number of benzene rings is 1. The smallest absolute Gasteiger partial charge is 0.273 e. The molecule has 0 aliphatic carbocycles. The van der Waals surface area contributed by atoms with E-state index < -0.39 is 14.9 Å². The van der Waals surface area contributed by atoms with E-state index in [4.69, 9.17) is 5.11 Å². The number of aliphatic hydroxyl groups is 1. The monoisotopic (exact) mass is 316 g/mol. The van der Waals surface area contributed by atoms with Gasteiger partial charge >= 0.3 is 0 Å². The van der Waals surface area contributed by atoms with Gasteiger partial charge in [0.1, 0.15) is 0 Å². The van der Waals surface area contributed by atoms with Crippen molar-refractivity contribution in [3.63, 3.8) is 0 Å². The number of nitro benzene ring substituents is 1. The van der Waals surface area contributed by atoms with Crippen molar-refractivity contribution in [2.45, 2.75) is 31.6 Å². The number of nitrogens with zero attached hydrogens (tertiary/aromatic N) is 1. The number of hydrogen-bond donors (Lipinski definition) is 2. The predicted octanol–water partition coefficient (Wildman–Crippen LogP) is 1.59. The average molecular weight is 316 g/mol. The quantitative estimate of drug-likeness (QED) is 0.559. The molecule has 21 heavy (non-hydrogen) atoms. The van der Waals surface area contributed by atoms with Crippen molar-refractivity contribution in [2.24, 2.45) is 5.92 Å². The van der Waals surface area contributed by atoms with Gasteiger partial charge in [-0.05, 0) is 25.3 Å². The summed E-state index contributed by atoms with van der Waals surface area (Å²) >= 11 is 0. The van der Waals surface area contributed by atoms with E-state index in [2.05, 4.69) is 4.72 Å². The fraction of sp³-hybridized carbons (Fsp3) is 0.538. The zero-order valence-electron chi connectivity index (χ0n) is 12.1. The van der Waals surface area contributed by atoms with Crippen molar-refractivity contribution in [3.8, 4) is 0 Å². The van der Waals surface area contributed by atoms with Gasteiger partial charge in [-0.25, -0.2) is 13.1 Å². The largest absolute Gasteiger partial charge is 0.396 e. The highest BCUT2D eigenvalue weighted by molar-refractivity contribution is 7.89. The SMILES string of the molecule is CCC(CCO)CNS(=O)(=O)c1ccc(C)c([N+](=O)[O-])c1. The minimum atomic E-state index is -3.79. The Bertz CT molecular complexity index is 601. The number of sulfonamides is 1. The molecule has 1 aromatic carbocycles. The molecule has 0 fully saturated rings. The molecular formula is C13H20N2O5S. The van der Waals surface area contributed by atoms with Crippen molar-refractivity contribution >= 4 is 15.7 Å². The van der Waals surface area contributed by atoms with Crippen LogP contribution in [0.3, 0.4) is 0 Å².